The zero-order valence-corrected chi connectivity index (χ0v) is 9.22. The fraction of sp³-hybridized carbons (Fsp3) is 0.364. The van der Waals surface area contributed by atoms with Crippen LogP contribution in [0.25, 0.3) is 0 Å². The Morgan fingerprint density at radius 3 is 2.65 bits per heavy atom. The number of nitrogens with one attached hydrogen (secondary N) is 1. The van der Waals surface area contributed by atoms with E-state index in [0.717, 1.165) is 12.1 Å². The van der Waals surface area contributed by atoms with Gasteiger partial charge in [0.2, 0.25) is 5.91 Å². The van der Waals surface area contributed by atoms with Gasteiger partial charge in [-0.05, 0) is 17.7 Å². The molecule has 0 spiro atoms. The molecule has 1 rings (SSSR count). The van der Waals surface area contributed by atoms with Crippen LogP contribution in [-0.2, 0) is 4.79 Å². The molecule has 1 amide bonds. The third kappa shape index (κ3) is 3.69. The minimum Gasteiger partial charge on any atom is -0.505 e. The Kier molecular flexibility index (Phi) is 4.42. The molecular weight excluding hydrogens is 229 g/mol. The molecule has 17 heavy (non-hydrogen) atoms. The molecule has 0 fully saturated rings. The fourth-order valence-electron chi connectivity index (χ4n) is 1.30. The first-order chi connectivity index (χ1) is 7.91. The summed E-state index contributed by atoms with van der Waals surface area (Å²) in [5.41, 5.74) is 0.168. The van der Waals surface area contributed by atoms with Gasteiger partial charge in [0.25, 0.3) is 0 Å². The zero-order chi connectivity index (χ0) is 13.0. The van der Waals surface area contributed by atoms with E-state index >= 15 is 0 Å². The highest BCUT2D eigenvalue weighted by Crippen LogP contribution is 2.23. The molecule has 0 aromatic heterocycles. The lowest BCUT2D eigenvalue weighted by Crippen LogP contribution is -2.34. The van der Waals surface area contributed by atoms with Crippen LogP contribution >= 0.6 is 0 Å². The van der Waals surface area contributed by atoms with Gasteiger partial charge in [0, 0.05) is 13.5 Å². The number of benzene rings is 1. The van der Waals surface area contributed by atoms with E-state index in [0.29, 0.717) is 0 Å². The highest BCUT2D eigenvalue weighted by molar-refractivity contribution is 5.72. The molecule has 6 heteroatoms. The van der Waals surface area contributed by atoms with Crippen LogP contribution in [0.4, 0.5) is 4.39 Å². The van der Waals surface area contributed by atoms with Crippen molar-refractivity contribution in [2.24, 2.45) is 0 Å². The van der Waals surface area contributed by atoms with Gasteiger partial charge in [0.1, 0.15) is 12.2 Å². The van der Waals surface area contributed by atoms with Gasteiger partial charge in [0.15, 0.2) is 11.6 Å². The van der Waals surface area contributed by atoms with E-state index in [1.807, 2.05) is 0 Å². The van der Waals surface area contributed by atoms with E-state index < -0.39 is 23.8 Å². The maximum atomic E-state index is 12.8. The average molecular weight is 243 g/mol. The SMILES string of the molecule is CC(=O)NCC(O)C(O)c1ccc(F)c(O)c1. The molecule has 0 aliphatic rings. The van der Waals surface area contributed by atoms with Gasteiger partial charge >= 0.3 is 0 Å². The van der Waals surface area contributed by atoms with Crippen LogP contribution < -0.4 is 5.32 Å². The number of carbonyl (C=O) groups is 1. The van der Waals surface area contributed by atoms with Crippen LogP contribution in [0.5, 0.6) is 5.75 Å². The van der Waals surface area contributed by atoms with Gasteiger partial charge < -0.3 is 20.6 Å². The first-order valence-corrected chi connectivity index (χ1v) is 5.00. The molecule has 1 aromatic carbocycles. The molecule has 0 heterocycles. The van der Waals surface area contributed by atoms with Crippen molar-refractivity contribution in [3.63, 3.8) is 0 Å². The fourth-order valence-corrected chi connectivity index (χ4v) is 1.30. The molecule has 0 aliphatic carbocycles. The molecular formula is C11H14FNO4. The Morgan fingerprint density at radius 1 is 1.47 bits per heavy atom. The minimum atomic E-state index is -1.31. The van der Waals surface area contributed by atoms with Crippen molar-refractivity contribution in [3.05, 3.63) is 29.6 Å². The van der Waals surface area contributed by atoms with Crippen molar-refractivity contribution >= 4 is 5.91 Å². The predicted octanol–water partition coefficient (Wildman–Crippen LogP) is 0.0617. The Labute approximate surface area is 97.5 Å². The van der Waals surface area contributed by atoms with Crippen LogP contribution in [0.1, 0.15) is 18.6 Å². The van der Waals surface area contributed by atoms with Gasteiger partial charge in [-0.2, -0.15) is 0 Å². The van der Waals surface area contributed by atoms with E-state index in [2.05, 4.69) is 5.32 Å². The number of aliphatic hydroxyl groups is 2. The number of hydrogen-bond acceptors (Lipinski definition) is 4. The van der Waals surface area contributed by atoms with Crippen LogP contribution in [0, 0.1) is 5.82 Å². The van der Waals surface area contributed by atoms with E-state index in [4.69, 9.17) is 5.11 Å². The summed E-state index contributed by atoms with van der Waals surface area (Å²) in [7, 11) is 0. The summed E-state index contributed by atoms with van der Waals surface area (Å²) < 4.78 is 12.8. The second-order valence-corrected chi connectivity index (χ2v) is 3.66. The summed E-state index contributed by atoms with van der Waals surface area (Å²) in [6.45, 7) is 1.15. The molecule has 94 valence electrons. The Bertz CT molecular complexity index is 410. The molecule has 2 atom stereocenters. The Hall–Kier alpha value is -1.66. The summed E-state index contributed by atoms with van der Waals surface area (Å²) in [6.07, 6.45) is -2.54. The van der Waals surface area contributed by atoms with Crippen molar-refractivity contribution in [2.75, 3.05) is 6.54 Å². The van der Waals surface area contributed by atoms with Crippen molar-refractivity contribution in [2.45, 2.75) is 19.1 Å². The van der Waals surface area contributed by atoms with Gasteiger partial charge in [-0.25, -0.2) is 4.39 Å². The van der Waals surface area contributed by atoms with Gasteiger partial charge in [0.05, 0.1) is 0 Å². The second kappa shape index (κ2) is 5.60. The van der Waals surface area contributed by atoms with Gasteiger partial charge in [-0.3, -0.25) is 4.79 Å². The van der Waals surface area contributed by atoms with Crippen LogP contribution in [-0.4, -0.2) is 33.9 Å². The average Bonchev–Trinajstić information content (AvgIpc) is 2.28. The number of phenolic OH excluding ortho intramolecular Hbond substituents is 1. The molecule has 0 saturated heterocycles. The lowest BCUT2D eigenvalue weighted by molar-refractivity contribution is -0.119. The number of aliphatic hydroxyl groups excluding tert-OH is 2. The number of amides is 1. The first-order valence-electron chi connectivity index (χ1n) is 5.00. The maximum Gasteiger partial charge on any atom is 0.216 e. The highest BCUT2D eigenvalue weighted by Gasteiger charge is 2.19. The number of phenols is 1. The minimum absolute atomic E-state index is 0.130. The molecule has 0 aliphatic heterocycles. The van der Waals surface area contributed by atoms with Crippen molar-refractivity contribution < 1.29 is 24.5 Å². The summed E-state index contributed by atoms with van der Waals surface area (Å²) in [5.74, 6) is -1.75. The number of aromatic hydroxyl groups is 1. The molecule has 0 radical (unpaired) electrons. The summed E-state index contributed by atoms with van der Waals surface area (Å²) in [6, 6.07) is 3.26. The maximum absolute atomic E-state index is 12.8. The van der Waals surface area contributed by atoms with E-state index in [9.17, 15) is 19.4 Å². The van der Waals surface area contributed by atoms with Crippen molar-refractivity contribution in [1.29, 1.82) is 0 Å². The predicted molar refractivity (Wildman–Crippen MR) is 57.7 cm³/mol. The third-order valence-corrected chi connectivity index (χ3v) is 2.24. The molecule has 0 saturated carbocycles. The molecule has 4 N–H and O–H groups in total. The normalized spacial score (nSPS) is 14.1. The van der Waals surface area contributed by atoms with Crippen LogP contribution in [0.2, 0.25) is 0 Å². The molecule has 0 bridgehead atoms. The Balaban J connectivity index is 2.70. The van der Waals surface area contributed by atoms with E-state index in [1.165, 1.54) is 13.0 Å². The molecule has 5 nitrogen and oxygen atoms in total. The number of halogens is 1. The highest BCUT2D eigenvalue weighted by atomic mass is 19.1. The quantitative estimate of drug-likeness (QED) is 0.602. The number of hydrogen-bond donors (Lipinski definition) is 4. The van der Waals surface area contributed by atoms with Crippen molar-refractivity contribution in [3.8, 4) is 5.75 Å². The summed E-state index contributed by atoms with van der Waals surface area (Å²) in [4.78, 5) is 10.6. The summed E-state index contributed by atoms with van der Waals surface area (Å²) in [5, 5.41) is 30.7. The zero-order valence-electron chi connectivity index (χ0n) is 9.22. The second-order valence-electron chi connectivity index (χ2n) is 3.66. The third-order valence-electron chi connectivity index (χ3n) is 2.24. The lowest BCUT2D eigenvalue weighted by atomic mass is 10.0. The topological polar surface area (TPSA) is 89.8 Å². The molecule has 1 aromatic rings. The van der Waals surface area contributed by atoms with E-state index in [-0.39, 0.29) is 18.0 Å². The Morgan fingerprint density at radius 2 is 2.12 bits per heavy atom. The lowest BCUT2D eigenvalue weighted by Gasteiger charge is -2.18. The number of rotatable bonds is 4. The smallest absolute Gasteiger partial charge is 0.216 e. The first kappa shape index (κ1) is 13.4. The van der Waals surface area contributed by atoms with Gasteiger partial charge in [-0.15, -0.1) is 0 Å². The van der Waals surface area contributed by atoms with Crippen molar-refractivity contribution in [1.82, 2.24) is 5.32 Å². The monoisotopic (exact) mass is 243 g/mol. The standard InChI is InChI=1S/C11H14FNO4/c1-6(14)13-5-10(16)11(17)7-2-3-8(12)9(15)4-7/h2-4,10-11,15-17H,5H2,1H3,(H,13,14). The van der Waals surface area contributed by atoms with Crippen LogP contribution in [0.15, 0.2) is 18.2 Å². The van der Waals surface area contributed by atoms with E-state index in [1.54, 1.807) is 0 Å². The largest absolute Gasteiger partial charge is 0.505 e. The number of carbonyl (C=O) groups excluding carboxylic acids is 1. The summed E-state index contributed by atoms with van der Waals surface area (Å²) >= 11 is 0. The van der Waals surface area contributed by atoms with Gasteiger partial charge in [-0.1, -0.05) is 6.07 Å². The van der Waals surface area contributed by atoms with Crippen LogP contribution in [0.3, 0.4) is 0 Å². The molecule has 2 unspecified atom stereocenters.